The van der Waals surface area contributed by atoms with Gasteiger partial charge >= 0.3 is 17.9 Å². The fourth-order valence-corrected chi connectivity index (χ4v) is 6.42. The van der Waals surface area contributed by atoms with Crippen molar-refractivity contribution in [2.24, 2.45) is 0 Å². The van der Waals surface area contributed by atoms with Crippen LogP contribution in [-0.2, 0) is 28.6 Å². The highest BCUT2D eigenvalue weighted by Gasteiger charge is 2.19. The molecule has 0 rings (SSSR count). The molecule has 0 aliphatic carbocycles. The Morgan fingerprint density at radius 1 is 0.344 bits per heavy atom. The third-order valence-corrected chi connectivity index (χ3v) is 10.1. The molecule has 0 fully saturated rings. The zero-order valence-electron chi connectivity index (χ0n) is 39.4. The van der Waals surface area contributed by atoms with Crippen molar-refractivity contribution in [3.05, 3.63) is 97.2 Å². The molecule has 6 nitrogen and oxygen atoms in total. The minimum absolute atomic E-state index is 0.0959. The van der Waals surface area contributed by atoms with E-state index in [1.54, 1.807) is 0 Å². The monoisotopic (exact) mass is 847 g/mol. The highest BCUT2D eigenvalue weighted by molar-refractivity contribution is 5.71. The Hall–Kier alpha value is -3.67. The van der Waals surface area contributed by atoms with Crippen molar-refractivity contribution >= 4 is 17.9 Å². The number of carbonyl (C=O) groups is 3. The number of hydrogen-bond acceptors (Lipinski definition) is 6. The summed E-state index contributed by atoms with van der Waals surface area (Å²) in [7, 11) is 0. The lowest BCUT2D eigenvalue weighted by Gasteiger charge is -2.18. The second kappa shape index (κ2) is 49.0. The molecule has 61 heavy (non-hydrogen) atoms. The first-order valence-electron chi connectivity index (χ1n) is 24.7. The first-order valence-corrected chi connectivity index (χ1v) is 24.7. The highest BCUT2D eigenvalue weighted by atomic mass is 16.6. The number of esters is 3. The second-order valence-corrected chi connectivity index (χ2v) is 16.0. The van der Waals surface area contributed by atoms with Gasteiger partial charge in [-0.15, -0.1) is 0 Å². The van der Waals surface area contributed by atoms with Crippen molar-refractivity contribution in [1.29, 1.82) is 0 Å². The summed E-state index contributed by atoms with van der Waals surface area (Å²) in [4.78, 5) is 37.8. The SMILES string of the molecule is CC/C=C\C/C=C\C/C=C\C/C=C\C/C=C\CCCCCCCC(=O)OCC(COC(=O)CCCCCCCCCCC)OC(=O)CCCCC/C=C\C/C=C\C/C=C\CC. The largest absolute Gasteiger partial charge is 0.462 e. The van der Waals surface area contributed by atoms with E-state index in [1.807, 2.05) is 0 Å². The van der Waals surface area contributed by atoms with Gasteiger partial charge in [0.15, 0.2) is 6.10 Å². The van der Waals surface area contributed by atoms with E-state index < -0.39 is 6.10 Å². The minimum atomic E-state index is -0.798. The molecule has 0 aromatic heterocycles. The maximum Gasteiger partial charge on any atom is 0.306 e. The van der Waals surface area contributed by atoms with Crippen LogP contribution in [0.3, 0.4) is 0 Å². The van der Waals surface area contributed by atoms with Gasteiger partial charge in [-0.1, -0.05) is 195 Å². The number of hydrogen-bond donors (Lipinski definition) is 0. The van der Waals surface area contributed by atoms with Gasteiger partial charge in [0.1, 0.15) is 13.2 Å². The summed E-state index contributed by atoms with van der Waals surface area (Å²) in [5.74, 6) is -0.954. The van der Waals surface area contributed by atoms with E-state index in [-0.39, 0.29) is 37.5 Å². The molecule has 0 saturated carbocycles. The molecule has 346 valence electrons. The van der Waals surface area contributed by atoms with Gasteiger partial charge in [0, 0.05) is 19.3 Å². The van der Waals surface area contributed by atoms with Crippen molar-refractivity contribution in [2.75, 3.05) is 13.2 Å². The molecule has 0 N–H and O–H groups in total. The van der Waals surface area contributed by atoms with E-state index in [1.165, 1.54) is 38.5 Å². The Labute approximate surface area is 375 Å². The van der Waals surface area contributed by atoms with Crippen LogP contribution in [0.15, 0.2) is 97.2 Å². The lowest BCUT2D eigenvalue weighted by molar-refractivity contribution is -0.167. The Balaban J connectivity index is 4.39. The summed E-state index contributed by atoms with van der Waals surface area (Å²) in [5.41, 5.74) is 0. The van der Waals surface area contributed by atoms with Gasteiger partial charge in [-0.2, -0.15) is 0 Å². The van der Waals surface area contributed by atoms with E-state index in [4.69, 9.17) is 14.2 Å². The van der Waals surface area contributed by atoms with E-state index in [0.717, 1.165) is 135 Å². The molecule has 0 aromatic rings. The molecule has 0 aliphatic rings. The summed E-state index contributed by atoms with van der Waals surface area (Å²) >= 11 is 0. The predicted octanol–water partition coefficient (Wildman–Crippen LogP) is 16.2. The van der Waals surface area contributed by atoms with Crippen LogP contribution in [0.5, 0.6) is 0 Å². The van der Waals surface area contributed by atoms with E-state index in [9.17, 15) is 14.4 Å². The van der Waals surface area contributed by atoms with Crippen LogP contribution in [0.4, 0.5) is 0 Å². The van der Waals surface area contributed by atoms with E-state index in [0.29, 0.717) is 12.8 Å². The lowest BCUT2D eigenvalue weighted by atomic mass is 10.1. The van der Waals surface area contributed by atoms with Crippen LogP contribution in [-0.4, -0.2) is 37.2 Å². The fourth-order valence-electron chi connectivity index (χ4n) is 6.42. The zero-order chi connectivity index (χ0) is 44.4. The number of carbonyl (C=O) groups excluding carboxylic acids is 3. The molecule has 0 heterocycles. The van der Waals surface area contributed by atoms with Crippen LogP contribution in [0, 0.1) is 0 Å². The molecule has 0 bridgehead atoms. The molecule has 0 aliphatic heterocycles. The van der Waals surface area contributed by atoms with Crippen LogP contribution in [0.25, 0.3) is 0 Å². The predicted molar refractivity (Wildman–Crippen MR) is 260 cm³/mol. The molecule has 0 radical (unpaired) electrons. The summed E-state index contributed by atoms with van der Waals surface area (Å²) in [6.45, 7) is 6.33. The van der Waals surface area contributed by atoms with Gasteiger partial charge in [-0.3, -0.25) is 14.4 Å². The van der Waals surface area contributed by atoms with Crippen LogP contribution >= 0.6 is 0 Å². The Bertz CT molecular complexity index is 1250. The second-order valence-electron chi connectivity index (χ2n) is 16.0. The Morgan fingerprint density at radius 3 is 1.02 bits per heavy atom. The van der Waals surface area contributed by atoms with Crippen molar-refractivity contribution in [1.82, 2.24) is 0 Å². The minimum Gasteiger partial charge on any atom is -0.462 e. The normalized spacial score (nSPS) is 12.9. The summed E-state index contributed by atoms with van der Waals surface area (Å²) in [6, 6.07) is 0. The van der Waals surface area contributed by atoms with Crippen LogP contribution in [0.1, 0.15) is 213 Å². The van der Waals surface area contributed by atoms with E-state index >= 15 is 0 Å². The number of allylic oxidation sites excluding steroid dienone is 16. The van der Waals surface area contributed by atoms with Crippen molar-refractivity contribution < 1.29 is 28.6 Å². The average Bonchev–Trinajstić information content (AvgIpc) is 3.26. The molecule has 0 spiro atoms. The van der Waals surface area contributed by atoms with Gasteiger partial charge in [0.2, 0.25) is 0 Å². The first kappa shape index (κ1) is 57.3. The standard InChI is InChI=1S/C55H90O6/c1-4-7-10-13-16-19-21-23-24-25-26-27-28-29-30-32-33-36-39-42-45-48-54(57)60-51-52(50-59-53(56)47-44-41-38-35-18-15-12-9-6-3)61-55(58)49-46-43-40-37-34-31-22-20-17-14-11-8-5-2/h7-8,10-11,16-17,19-20,23-24,26-27,29-31,34,52H,4-6,9,12-15,18,21-22,25,28,32-33,35-51H2,1-3H3/b10-7-,11-8-,19-16-,20-17-,24-23-,27-26-,30-29-,34-31-. The maximum atomic E-state index is 12.7. The van der Waals surface area contributed by atoms with Crippen molar-refractivity contribution in [3.63, 3.8) is 0 Å². The maximum absolute atomic E-state index is 12.7. The highest BCUT2D eigenvalue weighted by Crippen LogP contribution is 2.13. The molecule has 0 saturated heterocycles. The quantitative estimate of drug-likeness (QED) is 0.0263. The number of ether oxygens (including phenoxy) is 3. The Morgan fingerprint density at radius 2 is 0.639 bits per heavy atom. The number of rotatable bonds is 43. The van der Waals surface area contributed by atoms with Gasteiger partial charge < -0.3 is 14.2 Å². The van der Waals surface area contributed by atoms with Crippen LogP contribution < -0.4 is 0 Å². The number of unbranched alkanes of at least 4 members (excludes halogenated alkanes) is 16. The molecule has 1 unspecified atom stereocenters. The summed E-state index contributed by atoms with van der Waals surface area (Å²) in [6.07, 6.45) is 64.0. The van der Waals surface area contributed by atoms with Gasteiger partial charge in [-0.25, -0.2) is 0 Å². The molecule has 1 atom stereocenters. The molecule has 0 aromatic carbocycles. The zero-order valence-corrected chi connectivity index (χ0v) is 39.4. The summed E-state index contributed by atoms with van der Waals surface area (Å²) in [5, 5.41) is 0. The molecular weight excluding hydrogens is 757 g/mol. The molecular formula is C55H90O6. The topological polar surface area (TPSA) is 78.9 Å². The van der Waals surface area contributed by atoms with Crippen LogP contribution in [0.2, 0.25) is 0 Å². The Kier molecular flexibility index (Phi) is 46.0. The van der Waals surface area contributed by atoms with Gasteiger partial charge in [0.25, 0.3) is 0 Å². The first-order chi connectivity index (χ1) is 30.0. The van der Waals surface area contributed by atoms with Crippen molar-refractivity contribution in [2.45, 2.75) is 219 Å². The smallest absolute Gasteiger partial charge is 0.306 e. The van der Waals surface area contributed by atoms with Gasteiger partial charge in [-0.05, 0) is 96.3 Å². The fraction of sp³-hybridized carbons (Fsp3) is 0.655. The third kappa shape index (κ3) is 47.2. The van der Waals surface area contributed by atoms with Crippen molar-refractivity contribution in [3.8, 4) is 0 Å². The lowest BCUT2D eigenvalue weighted by Crippen LogP contribution is -2.30. The van der Waals surface area contributed by atoms with Gasteiger partial charge in [0.05, 0.1) is 0 Å². The molecule has 6 heteroatoms. The third-order valence-electron chi connectivity index (χ3n) is 10.1. The average molecular weight is 847 g/mol. The van der Waals surface area contributed by atoms with E-state index in [2.05, 4.69) is 118 Å². The molecule has 0 amide bonds. The summed E-state index contributed by atoms with van der Waals surface area (Å²) < 4.78 is 16.7.